The van der Waals surface area contributed by atoms with Crippen molar-refractivity contribution in [2.45, 2.75) is 32.7 Å². The Morgan fingerprint density at radius 1 is 1.25 bits per heavy atom. The first-order valence-electron chi connectivity index (χ1n) is 6.65. The molecule has 0 aliphatic carbocycles. The van der Waals surface area contributed by atoms with Gasteiger partial charge in [-0.3, -0.25) is 9.59 Å². The summed E-state index contributed by atoms with van der Waals surface area (Å²) in [6.07, 6.45) is 4.84. The number of carbonyl (C=O) groups is 3. The number of amides is 1. The topological polar surface area (TPSA) is 81.7 Å². The summed E-state index contributed by atoms with van der Waals surface area (Å²) in [5, 5.41) is 2.55. The molecule has 0 aromatic carbocycles. The van der Waals surface area contributed by atoms with E-state index in [2.05, 4.69) is 10.1 Å². The Morgan fingerprint density at radius 2 is 1.85 bits per heavy atom. The average molecular weight is 283 g/mol. The lowest BCUT2D eigenvalue weighted by Gasteiger charge is -2.20. The molecule has 1 aliphatic rings. The SMILES string of the molecule is COC(=O)[C@@H]1COC(=O)[C@@H](C)CC=CC[C@H](C)C(=O)N1. The smallest absolute Gasteiger partial charge is 0.331 e. The van der Waals surface area contributed by atoms with Gasteiger partial charge in [-0.05, 0) is 12.8 Å². The van der Waals surface area contributed by atoms with Crippen LogP contribution in [-0.2, 0) is 23.9 Å². The molecule has 1 amide bonds. The van der Waals surface area contributed by atoms with Crippen molar-refractivity contribution in [1.29, 1.82) is 0 Å². The maximum absolute atomic E-state index is 11.9. The number of carbonyl (C=O) groups excluding carboxylic acids is 3. The number of methoxy groups -OCH3 is 1. The maximum Gasteiger partial charge on any atom is 0.331 e. The molecular weight excluding hydrogens is 262 g/mol. The fraction of sp³-hybridized carbons (Fsp3) is 0.643. The van der Waals surface area contributed by atoms with Gasteiger partial charge in [0.25, 0.3) is 0 Å². The zero-order valence-electron chi connectivity index (χ0n) is 12.0. The van der Waals surface area contributed by atoms with E-state index in [1.165, 1.54) is 7.11 Å². The highest BCUT2D eigenvalue weighted by atomic mass is 16.5. The van der Waals surface area contributed by atoms with Gasteiger partial charge in [-0.1, -0.05) is 26.0 Å². The third-order valence-corrected chi connectivity index (χ3v) is 3.19. The van der Waals surface area contributed by atoms with E-state index in [-0.39, 0.29) is 24.3 Å². The summed E-state index contributed by atoms with van der Waals surface area (Å²) in [5.41, 5.74) is 0. The standard InChI is InChI=1S/C14H21NO5/c1-9-6-4-5-7-10(2)13(17)20-8-11(14(18)19-3)15-12(9)16/h4-5,9-11H,6-8H2,1-3H3,(H,15,16)/t9-,10-,11-/m0/s1. The summed E-state index contributed by atoms with van der Waals surface area (Å²) in [4.78, 5) is 35.2. The Kier molecular flexibility index (Phi) is 6.21. The Hall–Kier alpha value is -1.85. The molecule has 1 rings (SSSR count). The number of nitrogens with one attached hydrogen (secondary N) is 1. The van der Waals surface area contributed by atoms with E-state index in [0.717, 1.165) is 0 Å². The molecule has 1 aliphatic heterocycles. The molecule has 0 spiro atoms. The second kappa shape index (κ2) is 7.67. The summed E-state index contributed by atoms with van der Waals surface area (Å²) in [6.45, 7) is 3.32. The molecule has 112 valence electrons. The Balaban J connectivity index is 2.84. The number of hydrogen-bond donors (Lipinski definition) is 1. The molecule has 0 aromatic heterocycles. The number of esters is 2. The Bertz CT molecular complexity index is 404. The highest BCUT2D eigenvalue weighted by molar-refractivity contribution is 5.86. The first-order chi connectivity index (χ1) is 9.45. The van der Waals surface area contributed by atoms with Gasteiger partial charge in [-0.2, -0.15) is 0 Å². The number of rotatable bonds is 1. The number of cyclic esters (lactones) is 1. The Morgan fingerprint density at radius 3 is 2.45 bits per heavy atom. The third-order valence-electron chi connectivity index (χ3n) is 3.19. The monoisotopic (exact) mass is 283 g/mol. The van der Waals surface area contributed by atoms with E-state index >= 15 is 0 Å². The summed E-state index contributed by atoms with van der Waals surface area (Å²) < 4.78 is 9.66. The molecule has 3 atom stereocenters. The molecule has 0 fully saturated rings. The predicted octanol–water partition coefficient (Wildman–Crippen LogP) is 0.810. The van der Waals surface area contributed by atoms with Gasteiger partial charge in [0, 0.05) is 5.92 Å². The molecule has 0 unspecified atom stereocenters. The first-order valence-corrected chi connectivity index (χ1v) is 6.65. The lowest BCUT2D eigenvalue weighted by atomic mass is 10.0. The molecule has 0 saturated heterocycles. The van der Waals surface area contributed by atoms with Gasteiger partial charge in [-0.25, -0.2) is 4.79 Å². The van der Waals surface area contributed by atoms with Crippen LogP contribution >= 0.6 is 0 Å². The van der Waals surface area contributed by atoms with Crippen LogP contribution in [0.5, 0.6) is 0 Å². The van der Waals surface area contributed by atoms with Crippen molar-refractivity contribution < 1.29 is 23.9 Å². The summed E-state index contributed by atoms with van der Waals surface area (Å²) in [6, 6.07) is -0.963. The van der Waals surface area contributed by atoms with Crippen LogP contribution in [0.1, 0.15) is 26.7 Å². The molecule has 0 saturated carbocycles. The van der Waals surface area contributed by atoms with Crippen molar-refractivity contribution in [3.63, 3.8) is 0 Å². The van der Waals surface area contributed by atoms with Crippen LogP contribution in [0.15, 0.2) is 12.2 Å². The van der Waals surface area contributed by atoms with E-state index < -0.39 is 18.0 Å². The van der Waals surface area contributed by atoms with Crippen molar-refractivity contribution in [2.75, 3.05) is 13.7 Å². The van der Waals surface area contributed by atoms with E-state index in [1.54, 1.807) is 13.8 Å². The van der Waals surface area contributed by atoms with Gasteiger partial charge < -0.3 is 14.8 Å². The van der Waals surface area contributed by atoms with Crippen LogP contribution in [0.4, 0.5) is 0 Å². The van der Waals surface area contributed by atoms with Gasteiger partial charge in [-0.15, -0.1) is 0 Å². The predicted molar refractivity (Wildman–Crippen MR) is 71.6 cm³/mol. The number of allylic oxidation sites excluding steroid dienone is 2. The zero-order chi connectivity index (χ0) is 15.1. The van der Waals surface area contributed by atoms with E-state index in [4.69, 9.17) is 4.74 Å². The van der Waals surface area contributed by atoms with Crippen LogP contribution in [0.25, 0.3) is 0 Å². The molecule has 6 nitrogen and oxygen atoms in total. The fourth-order valence-corrected chi connectivity index (χ4v) is 1.74. The van der Waals surface area contributed by atoms with E-state index in [9.17, 15) is 14.4 Å². The van der Waals surface area contributed by atoms with Crippen LogP contribution in [-0.4, -0.2) is 37.6 Å². The van der Waals surface area contributed by atoms with Gasteiger partial charge >= 0.3 is 11.9 Å². The minimum absolute atomic E-state index is 0.210. The van der Waals surface area contributed by atoms with Gasteiger partial charge in [0.1, 0.15) is 6.61 Å². The van der Waals surface area contributed by atoms with Crippen molar-refractivity contribution in [1.82, 2.24) is 5.32 Å². The first kappa shape index (κ1) is 16.2. The highest BCUT2D eigenvalue weighted by Crippen LogP contribution is 2.11. The average Bonchev–Trinajstić information content (AvgIpc) is 2.44. The molecular formula is C14H21NO5. The maximum atomic E-state index is 11.9. The van der Waals surface area contributed by atoms with Crippen molar-refractivity contribution in [2.24, 2.45) is 11.8 Å². The van der Waals surface area contributed by atoms with Crippen molar-refractivity contribution >= 4 is 17.8 Å². The molecule has 6 heteroatoms. The zero-order valence-corrected chi connectivity index (χ0v) is 12.0. The molecule has 0 bridgehead atoms. The van der Waals surface area contributed by atoms with Crippen molar-refractivity contribution in [3.05, 3.63) is 12.2 Å². The van der Waals surface area contributed by atoms with E-state index in [0.29, 0.717) is 12.8 Å². The normalized spacial score (nSPS) is 28.6. The Labute approximate surface area is 118 Å². The minimum atomic E-state index is -0.963. The van der Waals surface area contributed by atoms with Crippen LogP contribution in [0.2, 0.25) is 0 Å². The highest BCUT2D eigenvalue weighted by Gasteiger charge is 2.26. The molecule has 20 heavy (non-hydrogen) atoms. The second-order valence-corrected chi connectivity index (χ2v) is 4.96. The minimum Gasteiger partial charge on any atom is -0.467 e. The van der Waals surface area contributed by atoms with Crippen LogP contribution in [0, 0.1) is 11.8 Å². The third kappa shape index (κ3) is 4.68. The quantitative estimate of drug-likeness (QED) is 0.569. The van der Waals surface area contributed by atoms with Crippen molar-refractivity contribution in [3.8, 4) is 0 Å². The summed E-state index contributed by atoms with van der Waals surface area (Å²) >= 11 is 0. The molecule has 0 aromatic rings. The summed E-state index contributed by atoms with van der Waals surface area (Å²) in [7, 11) is 1.22. The number of ether oxygens (including phenoxy) is 2. The lowest BCUT2D eigenvalue weighted by molar-refractivity contribution is -0.154. The van der Waals surface area contributed by atoms with E-state index in [1.807, 2.05) is 12.2 Å². The summed E-state index contributed by atoms with van der Waals surface area (Å²) in [5.74, 6) is -1.83. The molecule has 1 N–H and O–H groups in total. The lowest BCUT2D eigenvalue weighted by Crippen LogP contribution is -2.47. The number of hydrogen-bond acceptors (Lipinski definition) is 5. The molecule has 0 radical (unpaired) electrons. The second-order valence-electron chi connectivity index (χ2n) is 4.96. The largest absolute Gasteiger partial charge is 0.467 e. The molecule has 1 heterocycles. The van der Waals surface area contributed by atoms with Gasteiger partial charge in [0.05, 0.1) is 13.0 Å². The fourth-order valence-electron chi connectivity index (χ4n) is 1.74. The van der Waals surface area contributed by atoms with Crippen LogP contribution < -0.4 is 5.32 Å². The van der Waals surface area contributed by atoms with Gasteiger partial charge in [0.15, 0.2) is 6.04 Å². The van der Waals surface area contributed by atoms with Gasteiger partial charge in [0.2, 0.25) is 5.91 Å². The van der Waals surface area contributed by atoms with Crippen LogP contribution in [0.3, 0.4) is 0 Å².